The van der Waals surface area contributed by atoms with E-state index < -0.39 is 0 Å². The molecule has 1 fully saturated rings. The Hall–Kier alpha value is -1.70. The summed E-state index contributed by atoms with van der Waals surface area (Å²) in [6, 6.07) is 7.65. The summed E-state index contributed by atoms with van der Waals surface area (Å²) in [6.45, 7) is 5.64. The lowest BCUT2D eigenvalue weighted by atomic mass is 10.1. The summed E-state index contributed by atoms with van der Waals surface area (Å²) in [4.78, 5) is 14.5. The number of aromatic nitrogens is 2. The predicted molar refractivity (Wildman–Crippen MR) is 95.1 cm³/mol. The Morgan fingerprint density at radius 1 is 1.25 bits per heavy atom. The molecule has 0 bridgehead atoms. The number of hydrogen-bond donors (Lipinski definition) is 1. The second kappa shape index (κ2) is 8.41. The molecule has 1 aromatic carbocycles. The largest absolute Gasteiger partial charge is 0.379 e. The van der Waals surface area contributed by atoms with E-state index in [1.54, 1.807) is 6.20 Å². The van der Waals surface area contributed by atoms with Crippen molar-refractivity contribution in [3.8, 4) is 0 Å². The number of halogens is 1. The lowest BCUT2D eigenvalue weighted by Crippen LogP contribution is -2.41. The molecule has 0 saturated carbocycles. The van der Waals surface area contributed by atoms with E-state index in [0.717, 1.165) is 42.9 Å². The van der Waals surface area contributed by atoms with Crippen LogP contribution >= 0.6 is 15.9 Å². The van der Waals surface area contributed by atoms with Crippen molar-refractivity contribution < 1.29 is 9.53 Å². The van der Waals surface area contributed by atoms with Crippen LogP contribution in [-0.2, 0) is 11.3 Å². The van der Waals surface area contributed by atoms with E-state index >= 15 is 0 Å². The van der Waals surface area contributed by atoms with Crippen molar-refractivity contribution in [2.75, 3.05) is 39.4 Å². The van der Waals surface area contributed by atoms with Crippen LogP contribution in [0.25, 0.3) is 0 Å². The number of carbonyl (C=O) groups is 1. The first-order chi connectivity index (χ1) is 11.7. The van der Waals surface area contributed by atoms with E-state index in [4.69, 9.17) is 4.74 Å². The van der Waals surface area contributed by atoms with E-state index in [9.17, 15) is 4.79 Å². The quantitative estimate of drug-likeness (QED) is 0.813. The van der Waals surface area contributed by atoms with Crippen LogP contribution in [0.5, 0.6) is 0 Å². The third kappa shape index (κ3) is 4.90. The highest BCUT2D eigenvalue weighted by atomic mass is 79.9. The Morgan fingerprint density at radius 2 is 2.00 bits per heavy atom. The number of morpholine rings is 1. The lowest BCUT2D eigenvalue weighted by molar-refractivity contribution is 0.0383. The Labute approximate surface area is 149 Å². The molecule has 0 unspecified atom stereocenters. The van der Waals surface area contributed by atoms with Crippen molar-refractivity contribution in [3.05, 3.63) is 52.3 Å². The molecule has 1 aliphatic heterocycles. The summed E-state index contributed by atoms with van der Waals surface area (Å²) >= 11 is 3.38. The second-order valence-corrected chi connectivity index (χ2v) is 6.68. The first-order valence-corrected chi connectivity index (χ1v) is 8.85. The Balaban J connectivity index is 1.46. The smallest absolute Gasteiger partial charge is 0.251 e. The second-order valence-electron chi connectivity index (χ2n) is 5.76. The highest BCUT2D eigenvalue weighted by molar-refractivity contribution is 9.10. The van der Waals surface area contributed by atoms with Gasteiger partial charge in [0.2, 0.25) is 0 Å². The molecule has 1 N–H and O–H groups in total. The van der Waals surface area contributed by atoms with Crippen molar-refractivity contribution in [1.82, 2.24) is 20.0 Å². The SMILES string of the molecule is O=C(NCCN1CCOCC1)c1ccc(Cn2cc(Br)cn2)cc1. The number of amides is 1. The summed E-state index contributed by atoms with van der Waals surface area (Å²) < 4.78 is 8.12. The molecular formula is C17H21BrN4O2. The predicted octanol–water partition coefficient (Wildman–Crippen LogP) is 1.76. The minimum atomic E-state index is -0.0309. The summed E-state index contributed by atoms with van der Waals surface area (Å²) in [5, 5.41) is 7.20. The van der Waals surface area contributed by atoms with Crippen LogP contribution in [0.15, 0.2) is 41.1 Å². The first kappa shape index (κ1) is 17.1. The molecule has 3 rings (SSSR count). The standard InChI is InChI=1S/C17H21BrN4O2/c18-16-11-20-22(13-16)12-14-1-3-15(4-2-14)17(23)19-5-6-21-7-9-24-10-8-21/h1-4,11,13H,5-10,12H2,(H,19,23). The molecule has 7 heteroatoms. The molecule has 2 heterocycles. The van der Waals surface area contributed by atoms with Crippen LogP contribution in [0.3, 0.4) is 0 Å². The summed E-state index contributed by atoms with van der Waals surface area (Å²) in [6.07, 6.45) is 3.68. The van der Waals surface area contributed by atoms with Gasteiger partial charge in [-0.3, -0.25) is 14.4 Å². The van der Waals surface area contributed by atoms with Gasteiger partial charge in [0.15, 0.2) is 0 Å². The van der Waals surface area contributed by atoms with E-state index in [1.807, 2.05) is 35.1 Å². The van der Waals surface area contributed by atoms with E-state index in [2.05, 4.69) is 31.2 Å². The van der Waals surface area contributed by atoms with Crippen LogP contribution in [0.4, 0.5) is 0 Å². The maximum absolute atomic E-state index is 12.2. The number of nitrogens with one attached hydrogen (secondary N) is 1. The van der Waals surface area contributed by atoms with E-state index in [-0.39, 0.29) is 5.91 Å². The average molecular weight is 393 g/mol. The molecular weight excluding hydrogens is 372 g/mol. The molecule has 24 heavy (non-hydrogen) atoms. The number of benzene rings is 1. The Bertz CT molecular complexity index is 665. The van der Waals surface area contributed by atoms with Gasteiger partial charge in [-0.25, -0.2) is 0 Å². The van der Waals surface area contributed by atoms with Gasteiger partial charge in [-0.15, -0.1) is 0 Å². The number of ether oxygens (including phenoxy) is 1. The molecule has 1 saturated heterocycles. The monoisotopic (exact) mass is 392 g/mol. The van der Waals surface area contributed by atoms with Gasteiger partial charge in [0.1, 0.15) is 0 Å². The van der Waals surface area contributed by atoms with Gasteiger partial charge < -0.3 is 10.1 Å². The molecule has 1 aliphatic rings. The number of hydrogen-bond acceptors (Lipinski definition) is 4. The molecule has 2 aromatic rings. The maximum atomic E-state index is 12.2. The van der Waals surface area contributed by atoms with Gasteiger partial charge in [0.05, 0.1) is 30.4 Å². The van der Waals surface area contributed by atoms with E-state index in [0.29, 0.717) is 18.7 Å². The Kier molecular flexibility index (Phi) is 6.01. The number of rotatable bonds is 6. The summed E-state index contributed by atoms with van der Waals surface area (Å²) in [7, 11) is 0. The van der Waals surface area contributed by atoms with Gasteiger partial charge in [0.25, 0.3) is 5.91 Å². The van der Waals surface area contributed by atoms with E-state index in [1.165, 1.54) is 0 Å². The molecule has 1 aromatic heterocycles. The summed E-state index contributed by atoms with van der Waals surface area (Å²) in [5.41, 5.74) is 1.79. The molecule has 128 valence electrons. The summed E-state index contributed by atoms with van der Waals surface area (Å²) in [5.74, 6) is -0.0309. The highest BCUT2D eigenvalue weighted by Gasteiger charge is 2.11. The number of carbonyl (C=O) groups excluding carboxylic acids is 1. The zero-order valence-corrected chi connectivity index (χ0v) is 15.0. The maximum Gasteiger partial charge on any atom is 0.251 e. The third-order valence-corrected chi connectivity index (χ3v) is 4.39. The molecule has 0 aliphatic carbocycles. The molecule has 0 atom stereocenters. The van der Waals surface area contributed by atoms with Crippen molar-refractivity contribution in [2.45, 2.75) is 6.54 Å². The minimum absolute atomic E-state index is 0.0309. The fraction of sp³-hybridized carbons (Fsp3) is 0.412. The highest BCUT2D eigenvalue weighted by Crippen LogP contribution is 2.10. The average Bonchev–Trinajstić information content (AvgIpc) is 3.01. The third-order valence-electron chi connectivity index (χ3n) is 3.98. The fourth-order valence-corrected chi connectivity index (χ4v) is 2.96. The van der Waals surface area contributed by atoms with Crippen molar-refractivity contribution in [1.29, 1.82) is 0 Å². The normalized spacial score (nSPS) is 15.4. The Morgan fingerprint density at radius 3 is 2.67 bits per heavy atom. The lowest BCUT2D eigenvalue weighted by Gasteiger charge is -2.26. The van der Waals surface area contributed by atoms with Crippen molar-refractivity contribution in [3.63, 3.8) is 0 Å². The molecule has 0 radical (unpaired) electrons. The number of nitrogens with zero attached hydrogens (tertiary/aromatic N) is 3. The van der Waals surface area contributed by atoms with Crippen molar-refractivity contribution >= 4 is 21.8 Å². The van der Waals surface area contributed by atoms with Gasteiger partial charge in [-0.1, -0.05) is 12.1 Å². The van der Waals surface area contributed by atoms with Gasteiger partial charge in [-0.2, -0.15) is 5.10 Å². The zero-order valence-electron chi connectivity index (χ0n) is 13.4. The zero-order chi connectivity index (χ0) is 16.8. The molecule has 6 nitrogen and oxygen atoms in total. The van der Waals surface area contributed by atoms with Crippen molar-refractivity contribution in [2.24, 2.45) is 0 Å². The minimum Gasteiger partial charge on any atom is -0.379 e. The van der Waals surface area contributed by atoms with Gasteiger partial charge in [-0.05, 0) is 33.6 Å². The van der Waals surface area contributed by atoms with Crippen LogP contribution in [0, 0.1) is 0 Å². The van der Waals surface area contributed by atoms with Gasteiger partial charge >= 0.3 is 0 Å². The van der Waals surface area contributed by atoms with Crippen LogP contribution < -0.4 is 5.32 Å². The first-order valence-electron chi connectivity index (χ1n) is 8.06. The van der Waals surface area contributed by atoms with Crippen LogP contribution in [0.1, 0.15) is 15.9 Å². The molecule has 0 spiro atoms. The topological polar surface area (TPSA) is 59.4 Å². The van der Waals surface area contributed by atoms with Crippen LogP contribution in [0.2, 0.25) is 0 Å². The van der Waals surface area contributed by atoms with Gasteiger partial charge in [0, 0.05) is 37.9 Å². The van der Waals surface area contributed by atoms with Crippen LogP contribution in [-0.4, -0.2) is 60.0 Å². The molecule has 1 amide bonds. The fourth-order valence-electron chi connectivity index (χ4n) is 2.63.